The van der Waals surface area contributed by atoms with Gasteiger partial charge < -0.3 is 10.6 Å². The van der Waals surface area contributed by atoms with Gasteiger partial charge >= 0.3 is 0 Å². The molecule has 0 radical (unpaired) electrons. The molecule has 2 amide bonds. The first-order chi connectivity index (χ1) is 9.15. The van der Waals surface area contributed by atoms with Crippen LogP contribution in [0.15, 0.2) is 30.3 Å². The van der Waals surface area contributed by atoms with Crippen molar-refractivity contribution in [3.05, 3.63) is 35.9 Å². The molecule has 0 spiro atoms. The Hall–Kier alpha value is -1.88. The Morgan fingerprint density at radius 1 is 1.42 bits per heavy atom. The lowest BCUT2D eigenvalue weighted by Gasteiger charge is -2.26. The maximum absolute atomic E-state index is 11.9. The average molecular weight is 261 g/mol. The summed E-state index contributed by atoms with van der Waals surface area (Å²) in [7, 11) is 0. The summed E-state index contributed by atoms with van der Waals surface area (Å²) in [6.45, 7) is 3.85. The van der Waals surface area contributed by atoms with Crippen LogP contribution in [-0.4, -0.2) is 42.9 Å². The van der Waals surface area contributed by atoms with Crippen LogP contribution in [0.4, 0.5) is 0 Å². The quantitative estimate of drug-likeness (QED) is 0.819. The topological polar surface area (TPSA) is 61.4 Å². The molecule has 0 aliphatic carbocycles. The van der Waals surface area contributed by atoms with Gasteiger partial charge in [0.15, 0.2) is 0 Å². The standard InChI is InChI=1S/C14H19N3O2/c1-11(12-5-3-2-4-6-12)16-14(19)10-17-8-7-15-13(18)9-17/h2-6,11H,7-10H2,1H3,(H,15,18)(H,16,19)/t11-/m0/s1. The van der Waals surface area contributed by atoms with E-state index >= 15 is 0 Å². The van der Waals surface area contributed by atoms with E-state index in [1.54, 1.807) is 0 Å². The van der Waals surface area contributed by atoms with E-state index in [2.05, 4.69) is 10.6 Å². The summed E-state index contributed by atoms with van der Waals surface area (Å²) in [5.41, 5.74) is 1.08. The average Bonchev–Trinajstić information content (AvgIpc) is 2.39. The van der Waals surface area contributed by atoms with E-state index in [4.69, 9.17) is 0 Å². The predicted octanol–water partition coefficient (Wildman–Crippen LogP) is 0.296. The number of nitrogens with zero attached hydrogens (tertiary/aromatic N) is 1. The van der Waals surface area contributed by atoms with Crippen molar-refractivity contribution in [3.8, 4) is 0 Å². The fraction of sp³-hybridized carbons (Fsp3) is 0.429. The third kappa shape index (κ3) is 4.06. The minimum Gasteiger partial charge on any atom is -0.354 e. The highest BCUT2D eigenvalue weighted by molar-refractivity contribution is 5.82. The van der Waals surface area contributed by atoms with Gasteiger partial charge in [0.1, 0.15) is 0 Å². The molecule has 0 unspecified atom stereocenters. The molecule has 102 valence electrons. The smallest absolute Gasteiger partial charge is 0.234 e. The Morgan fingerprint density at radius 2 is 2.16 bits per heavy atom. The molecule has 2 N–H and O–H groups in total. The van der Waals surface area contributed by atoms with Gasteiger partial charge in [0.05, 0.1) is 19.1 Å². The molecule has 2 rings (SSSR count). The van der Waals surface area contributed by atoms with E-state index in [0.717, 1.165) is 12.1 Å². The molecule has 1 aliphatic heterocycles. The van der Waals surface area contributed by atoms with E-state index in [1.165, 1.54) is 0 Å². The molecular formula is C14H19N3O2. The van der Waals surface area contributed by atoms with Crippen LogP contribution >= 0.6 is 0 Å². The maximum Gasteiger partial charge on any atom is 0.234 e. The highest BCUT2D eigenvalue weighted by Crippen LogP contribution is 2.10. The molecule has 1 fully saturated rings. The number of carbonyl (C=O) groups excluding carboxylic acids is 2. The second-order valence-electron chi connectivity index (χ2n) is 4.76. The van der Waals surface area contributed by atoms with E-state index in [-0.39, 0.29) is 24.4 Å². The first kappa shape index (κ1) is 13.5. The molecule has 5 heteroatoms. The lowest BCUT2D eigenvalue weighted by molar-refractivity contribution is -0.127. The molecule has 1 heterocycles. The van der Waals surface area contributed by atoms with Gasteiger partial charge in [0.2, 0.25) is 11.8 Å². The molecule has 1 aromatic carbocycles. The molecule has 0 saturated carbocycles. The first-order valence-electron chi connectivity index (χ1n) is 6.48. The van der Waals surface area contributed by atoms with Gasteiger partial charge in [0, 0.05) is 13.1 Å². The Bertz CT molecular complexity index is 447. The van der Waals surface area contributed by atoms with Crippen molar-refractivity contribution < 1.29 is 9.59 Å². The normalized spacial score (nSPS) is 17.6. The minimum absolute atomic E-state index is 0.0184. The number of carbonyl (C=O) groups is 2. The molecule has 0 aromatic heterocycles. The number of benzene rings is 1. The monoisotopic (exact) mass is 261 g/mol. The summed E-state index contributed by atoms with van der Waals surface area (Å²) >= 11 is 0. The van der Waals surface area contributed by atoms with Crippen molar-refractivity contribution in [1.82, 2.24) is 15.5 Å². The highest BCUT2D eigenvalue weighted by Gasteiger charge is 2.19. The Morgan fingerprint density at radius 3 is 2.84 bits per heavy atom. The summed E-state index contributed by atoms with van der Waals surface area (Å²) < 4.78 is 0. The summed E-state index contributed by atoms with van der Waals surface area (Å²) in [6.07, 6.45) is 0. The molecule has 5 nitrogen and oxygen atoms in total. The van der Waals surface area contributed by atoms with E-state index in [0.29, 0.717) is 13.1 Å². The van der Waals surface area contributed by atoms with E-state index < -0.39 is 0 Å². The van der Waals surface area contributed by atoms with Crippen LogP contribution in [0.3, 0.4) is 0 Å². The highest BCUT2D eigenvalue weighted by atomic mass is 16.2. The van der Waals surface area contributed by atoms with Gasteiger partial charge in [-0.25, -0.2) is 0 Å². The van der Waals surface area contributed by atoms with Crippen LogP contribution in [0.1, 0.15) is 18.5 Å². The summed E-state index contributed by atoms with van der Waals surface area (Å²) in [5.74, 6) is -0.0683. The first-order valence-corrected chi connectivity index (χ1v) is 6.48. The largest absolute Gasteiger partial charge is 0.354 e. The number of hydrogen-bond acceptors (Lipinski definition) is 3. The molecule has 19 heavy (non-hydrogen) atoms. The number of rotatable bonds is 4. The van der Waals surface area contributed by atoms with E-state index in [1.807, 2.05) is 42.2 Å². The Kier molecular flexibility index (Phi) is 4.52. The Labute approximate surface area is 113 Å². The van der Waals surface area contributed by atoms with Crippen molar-refractivity contribution in [2.45, 2.75) is 13.0 Å². The summed E-state index contributed by atoms with van der Waals surface area (Å²) in [4.78, 5) is 25.0. The van der Waals surface area contributed by atoms with E-state index in [9.17, 15) is 9.59 Å². The van der Waals surface area contributed by atoms with Crippen LogP contribution in [0.5, 0.6) is 0 Å². The number of piperazine rings is 1. The Balaban J connectivity index is 1.82. The fourth-order valence-electron chi connectivity index (χ4n) is 2.14. The van der Waals surface area contributed by atoms with Crippen LogP contribution < -0.4 is 10.6 Å². The van der Waals surface area contributed by atoms with Gasteiger partial charge in [-0.1, -0.05) is 30.3 Å². The minimum atomic E-state index is -0.0500. The molecule has 1 aliphatic rings. The van der Waals surface area contributed by atoms with Gasteiger partial charge in [-0.15, -0.1) is 0 Å². The van der Waals surface area contributed by atoms with Gasteiger partial charge in [-0.2, -0.15) is 0 Å². The number of nitrogens with one attached hydrogen (secondary N) is 2. The van der Waals surface area contributed by atoms with Crippen molar-refractivity contribution >= 4 is 11.8 Å². The fourth-order valence-corrected chi connectivity index (χ4v) is 2.14. The third-order valence-corrected chi connectivity index (χ3v) is 3.16. The summed E-state index contributed by atoms with van der Waals surface area (Å²) in [5, 5.41) is 5.69. The zero-order chi connectivity index (χ0) is 13.7. The molecule has 1 aromatic rings. The summed E-state index contributed by atoms with van der Waals surface area (Å²) in [6, 6.07) is 9.80. The molecule has 1 saturated heterocycles. The maximum atomic E-state index is 11.9. The third-order valence-electron chi connectivity index (χ3n) is 3.16. The van der Waals surface area contributed by atoms with Crippen molar-refractivity contribution in [2.24, 2.45) is 0 Å². The molecule has 0 bridgehead atoms. The van der Waals surface area contributed by atoms with Crippen molar-refractivity contribution in [2.75, 3.05) is 26.2 Å². The molecular weight excluding hydrogens is 242 g/mol. The number of hydrogen-bond donors (Lipinski definition) is 2. The zero-order valence-electron chi connectivity index (χ0n) is 11.1. The lowest BCUT2D eigenvalue weighted by atomic mass is 10.1. The van der Waals surface area contributed by atoms with Crippen LogP contribution in [0.2, 0.25) is 0 Å². The molecule has 1 atom stereocenters. The van der Waals surface area contributed by atoms with Gasteiger partial charge in [0.25, 0.3) is 0 Å². The van der Waals surface area contributed by atoms with Crippen molar-refractivity contribution in [3.63, 3.8) is 0 Å². The van der Waals surface area contributed by atoms with Crippen LogP contribution in [0, 0.1) is 0 Å². The van der Waals surface area contributed by atoms with Crippen LogP contribution in [0.25, 0.3) is 0 Å². The van der Waals surface area contributed by atoms with Gasteiger partial charge in [-0.05, 0) is 12.5 Å². The second kappa shape index (κ2) is 6.33. The predicted molar refractivity (Wildman–Crippen MR) is 72.4 cm³/mol. The lowest BCUT2D eigenvalue weighted by Crippen LogP contribution is -2.50. The number of amides is 2. The van der Waals surface area contributed by atoms with Gasteiger partial charge in [-0.3, -0.25) is 14.5 Å². The zero-order valence-corrected chi connectivity index (χ0v) is 11.1. The van der Waals surface area contributed by atoms with Crippen molar-refractivity contribution in [1.29, 1.82) is 0 Å². The second-order valence-corrected chi connectivity index (χ2v) is 4.76. The van der Waals surface area contributed by atoms with Crippen LogP contribution in [-0.2, 0) is 9.59 Å². The SMILES string of the molecule is C[C@H](NC(=O)CN1CCNC(=O)C1)c1ccccc1.